The van der Waals surface area contributed by atoms with Gasteiger partial charge in [-0.2, -0.15) is 0 Å². The lowest BCUT2D eigenvalue weighted by Gasteiger charge is -2.07. The van der Waals surface area contributed by atoms with E-state index in [1.54, 1.807) is 11.3 Å². The molecule has 100 valence electrons. The van der Waals surface area contributed by atoms with Crippen molar-refractivity contribution in [3.05, 3.63) is 15.8 Å². The number of ketones is 1. The second kappa shape index (κ2) is 6.34. The summed E-state index contributed by atoms with van der Waals surface area (Å²) in [5.41, 5.74) is 1.20. The third-order valence-electron chi connectivity index (χ3n) is 3.24. The summed E-state index contributed by atoms with van der Waals surface area (Å²) in [6, 6.07) is 2.06. The molecule has 0 atom stereocenters. The molecule has 18 heavy (non-hydrogen) atoms. The molecule has 0 fully saturated rings. The van der Waals surface area contributed by atoms with Crippen LogP contribution in [0.4, 0.5) is 5.69 Å². The quantitative estimate of drug-likeness (QED) is 0.831. The van der Waals surface area contributed by atoms with Gasteiger partial charge in [-0.05, 0) is 52.4 Å². The summed E-state index contributed by atoms with van der Waals surface area (Å²) in [4.78, 5) is 16.5. The summed E-state index contributed by atoms with van der Waals surface area (Å²) in [5.74, 6) is 0.303. The molecule has 0 bridgehead atoms. The van der Waals surface area contributed by atoms with Crippen LogP contribution in [0.25, 0.3) is 0 Å². The zero-order valence-corrected chi connectivity index (χ0v) is 12.1. The fraction of sp³-hybridized carbons (Fsp3) is 0.643. The number of fused-ring (bicyclic) bond motifs is 1. The first-order valence-corrected chi connectivity index (χ1v) is 7.53. The Kier molecular flexibility index (Phi) is 4.78. The number of nitrogens with zero attached hydrogens (tertiary/aromatic N) is 1. The summed E-state index contributed by atoms with van der Waals surface area (Å²) in [6.07, 6.45) is 5.19. The van der Waals surface area contributed by atoms with Crippen molar-refractivity contribution >= 4 is 22.8 Å². The number of Topliss-reactive ketones (excluding diaryl/α,β-unsaturated/α-hetero) is 1. The van der Waals surface area contributed by atoms with E-state index in [1.807, 2.05) is 14.1 Å². The highest BCUT2D eigenvalue weighted by atomic mass is 32.1. The van der Waals surface area contributed by atoms with Crippen molar-refractivity contribution in [3.8, 4) is 0 Å². The molecule has 0 saturated heterocycles. The fourth-order valence-electron chi connectivity index (χ4n) is 2.21. The number of hydrogen-bond acceptors (Lipinski definition) is 4. The second-order valence-electron chi connectivity index (χ2n) is 5.16. The molecule has 1 aromatic rings. The Bertz CT molecular complexity index is 388. The number of anilines is 1. The van der Waals surface area contributed by atoms with Gasteiger partial charge in [-0.1, -0.05) is 0 Å². The fourth-order valence-corrected chi connectivity index (χ4v) is 3.36. The van der Waals surface area contributed by atoms with E-state index in [0.29, 0.717) is 12.2 Å². The predicted molar refractivity (Wildman–Crippen MR) is 77.9 cm³/mol. The Morgan fingerprint density at radius 3 is 3.06 bits per heavy atom. The first-order chi connectivity index (χ1) is 8.66. The molecule has 2 heterocycles. The van der Waals surface area contributed by atoms with Crippen LogP contribution in [0.15, 0.2) is 6.07 Å². The van der Waals surface area contributed by atoms with Crippen molar-refractivity contribution in [2.45, 2.75) is 32.1 Å². The van der Waals surface area contributed by atoms with Crippen LogP contribution < -0.4 is 5.32 Å². The number of aryl methyl sites for hydroxylation is 1. The molecule has 1 aliphatic heterocycles. The lowest BCUT2D eigenvalue weighted by atomic mass is 10.2. The molecule has 1 aromatic heterocycles. The molecule has 0 aliphatic carbocycles. The average Bonchev–Trinajstić information content (AvgIpc) is 2.60. The lowest BCUT2D eigenvalue weighted by Crippen LogP contribution is -2.14. The SMILES string of the molecule is CN(C)CCCC(=O)c1cc2c(s1)CCCCN2. The van der Waals surface area contributed by atoms with Gasteiger partial charge in [0.2, 0.25) is 0 Å². The highest BCUT2D eigenvalue weighted by molar-refractivity contribution is 7.14. The van der Waals surface area contributed by atoms with E-state index >= 15 is 0 Å². The van der Waals surface area contributed by atoms with Crippen molar-refractivity contribution in [2.75, 3.05) is 32.5 Å². The van der Waals surface area contributed by atoms with Crippen LogP contribution in [0.3, 0.4) is 0 Å². The minimum atomic E-state index is 0.303. The lowest BCUT2D eigenvalue weighted by molar-refractivity contribution is 0.0981. The van der Waals surface area contributed by atoms with Gasteiger partial charge in [0.15, 0.2) is 5.78 Å². The molecule has 3 nitrogen and oxygen atoms in total. The minimum absolute atomic E-state index is 0.303. The van der Waals surface area contributed by atoms with Crippen LogP contribution in [0, 0.1) is 0 Å². The summed E-state index contributed by atoms with van der Waals surface area (Å²) in [6.45, 7) is 2.02. The summed E-state index contributed by atoms with van der Waals surface area (Å²) in [5, 5.41) is 3.42. The Balaban J connectivity index is 1.94. The van der Waals surface area contributed by atoms with E-state index in [-0.39, 0.29) is 0 Å². The highest BCUT2D eigenvalue weighted by Gasteiger charge is 2.15. The molecular weight excluding hydrogens is 244 g/mol. The van der Waals surface area contributed by atoms with Crippen LogP contribution >= 0.6 is 11.3 Å². The van der Waals surface area contributed by atoms with Crippen molar-refractivity contribution in [3.63, 3.8) is 0 Å². The Morgan fingerprint density at radius 2 is 2.28 bits per heavy atom. The molecule has 0 amide bonds. The van der Waals surface area contributed by atoms with Crippen LogP contribution in [0.2, 0.25) is 0 Å². The molecule has 1 aliphatic rings. The molecule has 4 heteroatoms. The molecule has 1 N–H and O–H groups in total. The molecular formula is C14H22N2OS. The smallest absolute Gasteiger partial charge is 0.172 e. The van der Waals surface area contributed by atoms with E-state index in [9.17, 15) is 4.79 Å². The topological polar surface area (TPSA) is 32.3 Å². The predicted octanol–water partition coefficient (Wildman–Crippen LogP) is 3.02. The third-order valence-corrected chi connectivity index (χ3v) is 4.47. The third kappa shape index (κ3) is 3.56. The minimum Gasteiger partial charge on any atom is -0.384 e. The van der Waals surface area contributed by atoms with E-state index in [2.05, 4.69) is 16.3 Å². The van der Waals surface area contributed by atoms with Crippen LogP contribution in [-0.2, 0) is 6.42 Å². The molecule has 2 rings (SSSR count). The number of hydrogen-bond donors (Lipinski definition) is 1. The Hall–Kier alpha value is -0.870. The summed E-state index contributed by atoms with van der Waals surface area (Å²) >= 11 is 1.69. The number of thiophene rings is 1. The van der Waals surface area contributed by atoms with Gasteiger partial charge < -0.3 is 10.2 Å². The maximum Gasteiger partial charge on any atom is 0.172 e. The van der Waals surface area contributed by atoms with E-state index in [1.165, 1.54) is 23.4 Å². The van der Waals surface area contributed by atoms with E-state index < -0.39 is 0 Å². The first kappa shape index (κ1) is 13.6. The normalized spacial score (nSPS) is 15.1. The van der Waals surface area contributed by atoms with Crippen LogP contribution in [0.5, 0.6) is 0 Å². The molecule has 0 spiro atoms. The monoisotopic (exact) mass is 266 g/mol. The Morgan fingerprint density at radius 1 is 1.44 bits per heavy atom. The number of rotatable bonds is 5. The van der Waals surface area contributed by atoms with Crippen molar-refractivity contribution < 1.29 is 4.79 Å². The molecule has 0 aromatic carbocycles. The van der Waals surface area contributed by atoms with Gasteiger partial charge in [0.1, 0.15) is 0 Å². The van der Waals surface area contributed by atoms with Crippen LogP contribution in [0.1, 0.15) is 40.2 Å². The van der Waals surface area contributed by atoms with Crippen molar-refractivity contribution in [1.29, 1.82) is 0 Å². The Labute approximate surface area is 113 Å². The van der Waals surface area contributed by atoms with E-state index in [0.717, 1.165) is 30.8 Å². The standard InChI is InChI=1S/C14H22N2OS/c1-16(2)9-5-6-12(17)14-10-11-13(18-14)7-3-4-8-15-11/h10,15H,3-9H2,1-2H3. The average molecular weight is 266 g/mol. The van der Waals surface area contributed by atoms with Gasteiger partial charge in [0.05, 0.1) is 4.88 Å². The molecule has 0 unspecified atom stereocenters. The highest BCUT2D eigenvalue weighted by Crippen LogP contribution is 2.31. The maximum absolute atomic E-state index is 12.1. The van der Waals surface area contributed by atoms with Gasteiger partial charge in [-0.15, -0.1) is 11.3 Å². The second-order valence-corrected chi connectivity index (χ2v) is 6.30. The van der Waals surface area contributed by atoms with Gasteiger partial charge in [0, 0.05) is 23.5 Å². The van der Waals surface area contributed by atoms with E-state index in [4.69, 9.17) is 0 Å². The van der Waals surface area contributed by atoms with Crippen molar-refractivity contribution in [2.24, 2.45) is 0 Å². The number of carbonyl (C=O) groups is 1. The molecule has 0 saturated carbocycles. The summed E-state index contributed by atoms with van der Waals surface area (Å²) in [7, 11) is 4.09. The first-order valence-electron chi connectivity index (χ1n) is 6.71. The summed E-state index contributed by atoms with van der Waals surface area (Å²) < 4.78 is 0. The van der Waals surface area contributed by atoms with Gasteiger partial charge in [-0.3, -0.25) is 4.79 Å². The number of carbonyl (C=O) groups excluding carboxylic acids is 1. The van der Waals surface area contributed by atoms with Crippen LogP contribution in [-0.4, -0.2) is 37.9 Å². The largest absolute Gasteiger partial charge is 0.384 e. The van der Waals surface area contributed by atoms with Gasteiger partial charge in [-0.25, -0.2) is 0 Å². The maximum atomic E-state index is 12.1. The number of nitrogens with one attached hydrogen (secondary N) is 1. The molecule has 0 radical (unpaired) electrons. The zero-order chi connectivity index (χ0) is 13.0. The van der Waals surface area contributed by atoms with Gasteiger partial charge in [0.25, 0.3) is 0 Å². The van der Waals surface area contributed by atoms with Crippen molar-refractivity contribution in [1.82, 2.24) is 4.90 Å². The van der Waals surface area contributed by atoms with Gasteiger partial charge >= 0.3 is 0 Å². The zero-order valence-electron chi connectivity index (χ0n) is 11.3.